The van der Waals surface area contributed by atoms with E-state index in [9.17, 15) is 9.59 Å². The lowest BCUT2D eigenvalue weighted by Gasteiger charge is -2.08. The van der Waals surface area contributed by atoms with Crippen molar-refractivity contribution in [2.45, 2.75) is 26.2 Å². The molecule has 0 atom stereocenters. The SMILES string of the molecule is COc1ccc(-n2nc(CCCOC(=O)CC(C)=O)cc2-c2ccc(Cl)cc2)cc1. The van der Waals surface area contributed by atoms with Crippen molar-refractivity contribution in [1.29, 1.82) is 0 Å². The molecule has 3 rings (SSSR count). The highest BCUT2D eigenvalue weighted by Crippen LogP contribution is 2.27. The van der Waals surface area contributed by atoms with E-state index in [1.807, 2.05) is 59.3 Å². The standard InChI is InChI=1S/C23H23ClN2O4/c1-16(27)14-23(28)30-13-3-4-19-15-22(17-5-7-18(24)8-6-17)26(25-19)20-9-11-21(29-2)12-10-20/h5-12,15H,3-4,13-14H2,1-2H3. The van der Waals surface area contributed by atoms with Crippen LogP contribution in [0, 0.1) is 0 Å². The van der Waals surface area contributed by atoms with Crippen LogP contribution in [0.1, 0.15) is 25.5 Å². The van der Waals surface area contributed by atoms with Crippen LogP contribution < -0.4 is 4.74 Å². The number of hydrogen-bond donors (Lipinski definition) is 0. The van der Waals surface area contributed by atoms with Crippen LogP contribution in [0.3, 0.4) is 0 Å². The number of methoxy groups -OCH3 is 1. The fourth-order valence-electron chi connectivity index (χ4n) is 2.99. The molecule has 2 aromatic carbocycles. The average Bonchev–Trinajstić information content (AvgIpc) is 3.15. The van der Waals surface area contributed by atoms with Crippen LogP contribution >= 0.6 is 11.6 Å². The van der Waals surface area contributed by atoms with Gasteiger partial charge in [-0.2, -0.15) is 5.10 Å². The first kappa shape index (κ1) is 21.6. The molecule has 0 unspecified atom stereocenters. The highest BCUT2D eigenvalue weighted by atomic mass is 35.5. The maximum Gasteiger partial charge on any atom is 0.313 e. The van der Waals surface area contributed by atoms with E-state index in [2.05, 4.69) is 0 Å². The third kappa shape index (κ3) is 5.70. The zero-order valence-electron chi connectivity index (χ0n) is 16.9. The summed E-state index contributed by atoms with van der Waals surface area (Å²) < 4.78 is 12.2. The summed E-state index contributed by atoms with van der Waals surface area (Å²) in [5, 5.41) is 5.42. The molecule has 3 aromatic rings. The molecule has 0 aliphatic carbocycles. The molecular weight excluding hydrogens is 404 g/mol. The molecule has 0 N–H and O–H groups in total. The second kappa shape index (κ2) is 10.1. The van der Waals surface area contributed by atoms with E-state index in [-0.39, 0.29) is 18.8 Å². The zero-order valence-corrected chi connectivity index (χ0v) is 17.7. The largest absolute Gasteiger partial charge is 0.497 e. The van der Waals surface area contributed by atoms with Gasteiger partial charge in [0, 0.05) is 10.6 Å². The Morgan fingerprint density at radius 2 is 1.77 bits per heavy atom. The second-order valence-corrected chi connectivity index (χ2v) is 7.28. The molecule has 156 valence electrons. The van der Waals surface area contributed by atoms with Gasteiger partial charge in [-0.25, -0.2) is 4.68 Å². The first-order chi connectivity index (χ1) is 14.5. The van der Waals surface area contributed by atoms with Gasteiger partial charge >= 0.3 is 5.97 Å². The van der Waals surface area contributed by atoms with Gasteiger partial charge in [0.1, 0.15) is 18.0 Å². The van der Waals surface area contributed by atoms with Crippen molar-refractivity contribution in [2.24, 2.45) is 0 Å². The quantitative estimate of drug-likeness (QED) is 0.283. The Kier molecular flexibility index (Phi) is 7.25. The van der Waals surface area contributed by atoms with Crippen molar-refractivity contribution in [3.8, 4) is 22.7 Å². The van der Waals surface area contributed by atoms with Crippen molar-refractivity contribution >= 4 is 23.4 Å². The lowest BCUT2D eigenvalue weighted by atomic mass is 10.1. The summed E-state index contributed by atoms with van der Waals surface area (Å²) in [5.41, 5.74) is 3.69. The molecular formula is C23H23ClN2O4. The summed E-state index contributed by atoms with van der Waals surface area (Å²) in [5.74, 6) is 0.0745. The van der Waals surface area contributed by atoms with Gasteiger partial charge in [0.2, 0.25) is 0 Å². The van der Waals surface area contributed by atoms with E-state index in [1.165, 1.54) is 6.92 Å². The number of aryl methyl sites for hydroxylation is 1. The van der Waals surface area contributed by atoms with Crippen LogP contribution in [0.15, 0.2) is 54.6 Å². The topological polar surface area (TPSA) is 70.4 Å². The van der Waals surface area contributed by atoms with Crippen LogP contribution in [0.4, 0.5) is 0 Å². The van der Waals surface area contributed by atoms with Crippen molar-refractivity contribution in [3.63, 3.8) is 0 Å². The lowest BCUT2D eigenvalue weighted by Crippen LogP contribution is -2.10. The molecule has 0 amide bonds. The van der Waals surface area contributed by atoms with E-state index in [0.29, 0.717) is 17.9 Å². The predicted molar refractivity (Wildman–Crippen MR) is 115 cm³/mol. The molecule has 0 bridgehead atoms. The maximum absolute atomic E-state index is 11.5. The normalized spacial score (nSPS) is 10.6. The number of rotatable bonds is 9. The number of aromatic nitrogens is 2. The summed E-state index contributed by atoms with van der Waals surface area (Å²) in [6.07, 6.45) is 1.06. The number of Topliss-reactive ketones (excluding diaryl/α,β-unsaturated/α-hetero) is 1. The van der Waals surface area contributed by atoms with Crippen LogP contribution in [0.2, 0.25) is 5.02 Å². The van der Waals surface area contributed by atoms with Crippen LogP contribution in [0.5, 0.6) is 5.75 Å². The minimum absolute atomic E-state index is 0.188. The van der Waals surface area contributed by atoms with Gasteiger partial charge < -0.3 is 9.47 Å². The fourth-order valence-corrected chi connectivity index (χ4v) is 3.12. The van der Waals surface area contributed by atoms with E-state index >= 15 is 0 Å². The Hall–Kier alpha value is -3.12. The van der Waals surface area contributed by atoms with Crippen LogP contribution in [0.25, 0.3) is 16.9 Å². The van der Waals surface area contributed by atoms with E-state index in [0.717, 1.165) is 28.4 Å². The van der Waals surface area contributed by atoms with Gasteiger partial charge in [0.05, 0.1) is 30.8 Å². The summed E-state index contributed by atoms with van der Waals surface area (Å²) in [7, 11) is 1.63. The Morgan fingerprint density at radius 1 is 1.07 bits per heavy atom. The number of benzene rings is 2. The zero-order chi connectivity index (χ0) is 21.5. The van der Waals surface area contributed by atoms with Crippen LogP contribution in [-0.2, 0) is 20.7 Å². The van der Waals surface area contributed by atoms with Gasteiger partial charge in [-0.15, -0.1) is 0 Å². The molecule has 0 saturated carbocycles. The van der Waals surface area contributed by atoms with Crippen molar-refractivity contribution < 1.29 is 19.1 Å². The highest BCUT2D eigenvalue weighted by molar-refractivity contribution is 6.30. The van der Waals surface area contributed by atoms with Gasteiger partial charge in [-0.3, -0.25) is 9.59 Å². The Labute approximate surface area is 180 Å². The van der Waals surface area contributed by atoms with Crippen molar-refractivity contribution in [3.05, 3.63) is 65.3 Å². The van der Waals surface area contributed by atoms with Crippen molar-refractivity contribution in [2.75, 3.05) is 13.7 Å². The highest BCUT2D eigenvalue weighted by Gasteiger charge is 2.13. The van der Waals surface area contributed by atoms with Crippen LogP contribution in [-0.4, -0.2) is 35.2 Å². The first-order valence-corrected chi connectivity index (χ1v) is 9.98. The maximum atomic E-state index is 11.5. The number of ether oxygens (including phenoxy) is 2. The summed E-state index contributed by atoms with van der Waals surface area (Å²) in [6, 6.07) is 17.3. The smallest absolute Gasteiger partial charge is 0.313 e. The molecule has 1 heterocycles. The molecule has 0 saturated heterocycles. The van der Waals surface area contributed by atoms with Gasteiger partial charge in [-0.05, 0) is 62.2 Å². The van der Waals surface area contributed by atoms with Gasteiger partial charge in [0.15, 0.2) is 0 Å². The molecule has 7 heteroatoms. The van der Waals surface area contributed by atoms with E-state index in [1.54, 1.807) is 7.11 Å². The summed E-state index contributed by atoms with van der Waals surface area (Å²) in [4.78, 5) is 22.4. The molecule has 30 heavy (non-hydrogen) atoms. The third-order valence-electron chi connectivity index (χ3n) is 4.45. The van der Waals surface area contributed by atoms with Gasteiger partial charge in [-0.1, -0.05) is 23.7 Å². The Morgan fingerprint density at radius 3 is 2.40 bits per heavy atom. The first-order valence-electron chi connectivity index (χ1n) is 9.60. The minimum Gasteiger partial charge on any atom is -0.497 e. The molecule has 0 aliphatic rings. The van der Waals surface area contributed by atoms with E-state index < -0.39 is 5.97 Å². The Balaban J connectivity index is 1.78. The molecule has 0 fully saturated rings. The number of nitrogens with zero attached hydrogens (tertiary/aromatic N) is 2. The molecule has 1 aromatic heterocycles. The minimum atomic E-state index is -0.492. The molecule has 0 aliphatic heterocycles. The van der Waals surface area contributed by atoms with Gasteiger partial charge in [0.25, 0.3) is 0 Å². The molecule has 0 spiro atoms. The lowest BCUT2D eigenvalue weighted by molar-refractivity contribution is -0.145. The number of hydrogen-bond acceptors (Lipinski definition) is 5. The third-order valence-corrected chi connectivity index (χ3v) is 4.70. The molecule has 6 nitrogen and oxygen atoms in total. The monoisotopic (exact) mass is 426 g/mol. The predicted octanol–water partition coefficient (Wildman–Crippen LogP) is 4.66. The number of carbonyl (C=O) groups excluding carboxylic acids is 2. The number of ketones is 1. The summed E-state index contributed by atoms with van der Waals surface area (Å²) >= 11 is 6.04. The fraction of sp³-hybridized carbons (Fsp3) is 0.261. The number of carbonyl (C=O) groups is 2. The number of esters is 1. The molecule has 0 radical (unpaired) electrons. The van der Waals surface area contributed by atoms with Crippen molar-refractivity contribution in [1.82, 2.24) is 9.78 Å². The number of halogens is 1. The average molecular weight is 427 g/mol. The van der Waals surface area contributed by atoms with E-state index in [4.69, 9.17) is 26.2 Å². The Bertz CT molecular complexity index is 1010. The summed E-state index contributed by atoms with van der Waals surface area (Å²) in [6.45, 7) is 1.61. The second-order valence-electron chi connectivity index (χ2n) is 6.84.